The Balaban J connectivity index is 1.42. The van der Waals surface area contributed by atoms with Gasteiger partial charge in [0.15, 0.2) is 0 Å². The summed E-state index contributed by atoms with van der Waals surface area (Å²) in [7, 11) is -3.75. The molecular formula is C25H23FN2O5S. The number of pyridine rings is 1. The van der Waals surface area contributed by atoms with Crippen molar-refractivity contribution < 1.29 is 27.4 Å². The molecule has 0 saturated heterocycles. The predicted octanol–water partition coefficient (Wildman–Crippen LogP) is 3.39. The molecule has 176 valence electrons. The highest BCUT2D eigenvalue weighted by molar-refractivity contribution is 7.91. The summed E-state index contributed by atoms with van der Waals surface area (Å²) in [5.41, 5.74) is 2.19. The molecule has 0 bridgehead atoms. The summed E-state index contributed by atoms with van der Waals surface area (Å²) in [5, 5.41) is 10.4. The van der Waals surface area contributed by atoms with Crippen molar-refractivity contribution in [3.63, 3.8) is 0 Å². The summed E-state index contributed by atoms with van der Waals surface area (Å²) in [6, 6.07) is 14.2. The van der Waals surface area contributed by atoms with Crippen molar-refractivity contribution in [2.45, 2.75) is 30.6 Å². The number of amides is 1. The topological polar surface area (TPSA) is 106 Å². The van der Waals surface area contributed by atoms with E-state index in [9.17, 15) is 22.7 Å². The molecule has 1 fully saturated rings. The number of aliphatic hydroxyl groups is 1. The predicted molar refractivity (Wildman–Crippen MR) is 123 cm³/mol. The third-order valence-corrected chi connectivity index (χ3v) is 7.98. The fourth-order valence-electron chi connectivity index (χ4n) is 4.17. The van der Waals surface area contributed by atoms with Crippen molar-refractivity contribution >= 4 is 15.9 Å². The maximum absolute atomic E-state index is 14.1. The van der Waals surface area contributed by atoms with Gasteiger partial charge < -0.3 is 9.84 Å². The Kier molecular flexibility index (Phi) is 5.83. The van der Waals surface area contributed by atoms with E-state index in [-0.39, 0.29) is 23.7 Å². The second-order valence-corrected chi connectivity index (χ2v) is 10.6. The lowest BCUT2D eigenvalue weighted by molar-refractivity contribution is 0.0503. The molecule has 1 unspecified atom stereocenters. The molecule has 1 aliphatic carbocycles. The molecule has 2 heterocycles. The van der Waals surface area contributed by atoms with Gasteiger partial charge in [0.1, 0.15) is 11.6 Å². The van der Waals surface area contributed by atoms with Crippen molar-refractivity contribution in [1.82, 2.24) is 9.71 Å². The van der Waals surface area contributed by atoms with E-state index in [0.717, 1.165) is 11.8 Å². The molecule has 9 heteroatoms. The number of aromatic nitrogens is 1. The standard InChI is InChI=1S/C25H23FN2O5S/c26-17-5-9-20(25(30)28-34(31,32)19-6-7-19)22(13-17)15-4-8-21-23(12-15)33-14-16(24(21)29)11-18-3-1-2-10-27-18/h1-5,8-10,12-13,16,19,24,29H,6-7,11,14H2,(H,28,30)/t16?,24-/m1/s1. The Labute approximate surface area is 196 Å². The SMILES string of the molecule is O=C(NS(=O)(=O)C1CC1)c1ccc(F)cc1-c1ccc2c(c1)OCC(Cc1ccccn1)[C@H]2O. The number of aliphatic hydroxyl groups excluding tert-OH is 1. The van der Waals surface area contributed by atoms with Crippen LogP contribution in [0.4, 0.5) is 4.39 Å². The monoisotopic (exact) mass is 482 g/mol. The minimum Gasteiger partial charge on any atom is -0.493 e. The van der Waals surface area contributed by atoms with Gasteiger partial charge in [-0.3, -0.25) is 9.78 Å². The highest BCUT2D eigenvalue weighted by atomic mass is 32.2. The Morgan fingerprint density at radius 3 is 2.71 bits per heavy atom. The Bertz CT molecular complexity index is 1340. The van der Waals surface area contributed by atoms with E-state index < -0.39 is 33.1 Å². The first-order chi connectivity index (χ1) is 16.3. The lowest BCUT2D eigenvalue weighted by atomic mass is 9.88. The van der Waals surface area contributed by atoms with Crippen LogP contribution < -0.4 is 9.46 Å². The molecule has 2 N–H and O–H groups in total. The number of rotatable bonds is 6. The molecule has 1 aromatic heterocycles. The summed E-state index contributed by atoms with van der Waals surface area (Å²) in [6.07, 6.45) is 2.51. The second-order valence-electron chi connectivity index (χ2n) is 8.66. The average molecular weight is 483 g/mol. The van der Waals surface area contributed by atoms with E-state index >= 15 is 0 Å². The lowest BCUT2D eigenvalue weighted by Gasteiger charge is -2.30. The minimum atomic E-state index is -3.75. The molecular weight excluding hydrogens is 459 g/mol. The molecule has 2 atom stereocenters. The van der Waals surface area contributed by atoms with Gasteiger partial charge >= 0.3 is 0 Å². The van der Waals surface area contributed by atoms with Gasteiger partial charge in [-0.25, -0.2) is 17.5 Å². The summed E-state index contributed by atoms with van der Waals surface area (Å²) in [4.78, 5) is 17.1. The Morgan fingerprint density at radius 1 is 1.15 bits per heavy atom. The molecule has 5 rings (SSSR count). The number of halogens is 1. The van der Waals surface area contributed by atoms with E-state index in [1.54, 1.807) is 24.4 Å². The maximum atomic E-state index is 14.1. The Hall–Kier alpha value is -3.30. The minimum absolute atomic E-state index is 0.0370. The van der Waals surface area contributed by atoms with Crippen LogP contribution in [0.1, 0.15) is 40.6 Å². The fraction of sp³-hybridized carbons (Fsp3) is 0.280. The highest BCUT2D eigenvalue weighted by Gasteiger charge is 2.37. The summed E-state index contributed by atoms with van der Waals surface area (Å²) in [6.45, 7) is 0.268. The third-order valence-electron chi connectivity index (χ3n) is 6.16. The number of nitrogens with one attached hydrogen (secondary N) is 1. The molecule has 0 spiro atoms. The number of carbonyl (C=O) groups is 1. The van der Waals surface area contributed by atoms with Gasteiger partial charge in [0.25, 0.3) is 5.91 Å². The zero-order valence-electron chi connectivity index (χ0n) is 18.1. The van der Waals surface area contributed by atoms with E-state index in [0.29, 0.717) is 36.1 Å². The summed E-state index contributed by atoms with van der Waals surface area (Å²) in [5.74, 6) is -1.12. The summed E-state index contributed by atoms with van der Waals surface area (Å²) < 4.78 is 46.6. The number of hydrogen-bond acceptors (Lipinski definition) is 6. The largest absolute Gasteiger partial charge is 0.493 e. The molecule has 7 nitrogen and oxygen atoms in total. The van der Waals surface area contributed by atoms with Crippen LogP contribution in [-0.2, 0) is 16.4 Å². The molecule has 2 aliphatic rings. The van der Waals surface area contributed by atoms with Crippen molar-refractivity contribution in [1.29, 1.82) is 0 Å². The maximum Gasteiger partial charge on any atom is 0.265 e. The van der Waals surface area contributed by atoms with E-state index in [4.69, 9.17) is 4.74 Å². The van der Waals surface area contributed by atoms with Crippen LogP contribution in [0.5, 0.6) is 5.75 Å². The molecule has 34 heavy (non-hydrogen) atoms. The fourth-order valence-corrected chi connectivity index (χ4v) is 5.46. The van der Waals surface area contributed by atoms with Gasteiger partial charge in [-0.1, -0.05) is 18.2 Å². The number of hydrogen-bond donors (Lipinski definition) is 2. The van der Waals surface area contributed by atoms with Crippen LogP contribution in [0, 0.1) is 11.7 Å². The lowest BCUT2D eigenvalue weighted by Crippen LogP contribution is -2.33. The molecule has 1 aliphatic heterocycles. The average Bonchev–Trinajstić information content (AvgIpc) is 3.67. The molecule has 2 aromatic carbocycles. The van der Waals surface area contributed by atoms with E-state index in [2.05, 4.69) is 9.71 Å². The van der Waals surface area contributed by atoms with Crippen LogP contribution in [-0.4, -0.2) is 36.3 Å². The number of ether oxygens (including phenoxy) is 1. The quantitative estimate of drug-likeness (QED) is 0.558. The zero-order chi connectivity index (χ0) is 23.9. The van der Waals surface area contributed by atoms with Gasteiger partial charge in [0, 0.05) is 28.9 Å². The van der Waals surface area contributed by atoms with Gasteiger partial charge in [0.05, 0.1) is 18.0 Å². The van der Waals surface area contributed by atoms with Crippen LogP contribution in [0.15, 0.2) is 60.8 Å². The van der Waals surface area contributed by atoms with Crippen LogP contribution >= 0.6 is 0 Å². The highest BCUT2D eigenvalue weighted by Crippen LogP contribution is 2.40. The molecule has 3 aromatic rings. The van der Waals surface area contributed by atoms with Gasteiger partial charge in [-0.2, -0.15) is 0 Å². The number of benzene rings is 2. The van der Waals surface area contributed by atoms with E-state index in [1.807, 2.05) is 18.2 Å². The summed E-state index contributed by atoms with van der Waals surface area (Å²) >= 11 is 0. The van der Waals surface area contributed by atoms with Crippen LogP contribution in [0.3, 0.4) is 0 Å². The smallest absolute Gasteiger partial charge is 0.265 e. The number of carbonyl (C=O) groups excluding carboxylic acids is 1. The van der Waals surface area contributed by atoms with Crippen LogP contribution in [0.25, 0.3) is 11.1 Å². The van der Waals surface area contributed by atoms with Crippen molar-refractivity contribution in [2.75, 3.05) is 6.61 Å². The van der Waals surface area contributed by atoms with Gasteiger partial charge in [-0.15, -0.1) is 0 Å². The molecule has 1 amide bonds. The normalized spacial score (nSPS) is 19.7. The molecule has 1 saturated carbocycles. The van der Waals surface area contributed by atoms with Crippen molar-refractivity contribution in [2.24, 2.45) is 5.92 Å². The Morgan fingerprint density at radius 2 is 1.97 bits per heavy atom. The zero-order valence-corrected chi connectivity index (χ0v) is 19.0. The second kappa shape index (κ2) is 8.81. The number of fused-ring (bicyclic) bond motifs is 1. The first-order valence-corrected chi connectivity index (χ1v) is 12.6. The number of nitrogens with zero attached hydrogens (tertiary/aromatic N) is 1. The van der Waals surface area contributed by atoms with Crippen molar-refractivity contribution in [3.05, 3.63) is 83.4 Å². The first kappa shape index (κ1) is 22.5. The van der Waals surface area contributed by atoms with Gasteiger partial charge in [-0.05, 0) is 66.8 Å². The van der Waals surface area contributed by atoms with Crippen LogP contribution in [0.2, 0.25) is 0 Å². The number of sulfonamides is 1. The van der Waals surface area contributed by atoms with Crippen molar-refractivity contribution in [3.8, 4) is 16.9 Å². The van der Waals surface area contributed by atoms with Gasteiger partial charge in [0.2, 0.25) is 10.0 Å². The third kappa shape index (κ3) is 4.53. The van der Waals surface area contributed by atoms with E-state index in [1.165, 1.54) is 12.1 Å². The molecule has 0 radical (unpaired) electrons. The first-order valence-electron chi connectivity index (χ1n) is 11.0.